The second-order valence-electron chi connectivity index (χ2n) is 7.30. The van der Waals surface area contributed by atoms with Crippen LogP contribution in [0.2, 0.25) is 0 Å². The minimum Gasteiger partial charge on any atom is -0.454 e. The normalized spacial score (nSPS) is 17.1. The Morgan fingerprint density at radius 1 is 1.00 bits per heavy atom. The number of thioether (sulfide) groups is 1. The van der Waals surface area contributed by atoms with Gasteiger partial charge in [0.05, 0.1) is 12.2 Å². The van der Waals surface area contributed by atoms with Gasteiger partial charge < -0.3 is 14.8 Å². The van der Waals surface area contributed by atoms with E-state index < -0.39 is 0 Å². The van der Waals surface area contributed by atoms with Crippen molar-refractivity contribution in [2.75, 3.05) is 22.8 Å². The molecule has 0 spiro atoms. The number of fused-ring (bicyclic) bond motifs is 1. The van der Waals surface area contributed by atoms with Crippen molar-refractivity contribution >= 4 is 35.0 Å². The Labute approximate surface area is 184 Å². The lowest BCUT2D eigenvalue weighted by Crippen LogP contribution is -2.27. The molecule has 6 nitrogen and oxygen atoms in total. The van der Waals surface area contributed by atoms with Crippen LogP contribution in [0.25, 0.3) is 0 Å². The maximum Gasteiger partial charge on any atom is 0.238 e. The predicted octanol–water partition coefficient (Wildman–Crippen LogP) is 4.38. The summed E-state index contributed by atoms with van der Waals surface area (Å²) in [6, 6.07) is 22.8. The monoisotopic (exact) mass is 432 g/mol. The van der Waals surface area contributed by atoms with Crippen molar-refractivity contribution in [2.45, 2.75) is 11.8 Å². The molecule has 7 heteroatoms. The fourth-order valence-electron chi connectivity index (χ4n) is 3.74. The lowest BCUT2D eigenvalue weighted by Gasteiger charge is -2.25. The van der Waals surface area contributed by atoms with Crippen molar-refractivity contribution in [1.29, 1.82) is 0 Å². The molecule has 2 heterocycles. The van der Waals surface area contributed by atoms with Crippen molar-refractivity contribution in [2.24, 2.45) is 0 Å². The van der Waals surface area contributed by atoms with Crippen molar-refractivity contribution < 1.29 is 19.1 Å². The van der Waals surface area contributed by atoms with Gasteiger partial charge in [0.15, 0.2) is 11.5 Å². The van der Waals surface area contributed by atoms with E-state index in [1.807, 2.05) is 72.8 Å². The van der Waals surface area contributed by atoms with E-state index in [4.69, 9.17) is 9.47 Å². The van der Waals surface area contributed by atoms with Crippen molar-refractivity contribution in [3.63, 3.8) is 0 Å². The van der Waals surface area contributed by atoms with Crippen LogP contribution < -0.4 is 19.7 Å². The number of anilines is 2. The molecule has 1 unspecified atom stereocenters. The van der Waals surface area contributed by atoms with Gasteiger partial charge in [0.25, 0.3) is 0 Å². The van der Waals surface area contributed by atoms with E-state index in [1.165, 1.54) is 0 Å². The summed E-state index contributed by atoms with van der Waals surface area (Å²) in [6.45, 7) is 0.190. The summed E-state index contributed by atoms with van der Waals surface area (Å²) >= 11 is 1.56. The predicted molar refractivity (Wildman–Crippen MR) is 120 cm³/mol. The number of benzene rings is 3. The zero-order valence-corrected chi connectivity index (χ0v) is 17.4. The zero-order chi connectivity index (χ0) is 21.2. The summed E-state index contributed by atoms with van der Waals surface area (Å²) in [5.41, 5.74) is 3.39. The summed E-state index contributed by atoms with van der Waals surface area (Å²) in [6.07, 6.45) is 0.311. The highest BCUT2D eigenvalue weighted by Gasteiger charge is 2.35. The van der Waals surface area contributed by atoms with Crippen molar-refractivity contribution in [3.8, 4) is 11.5 Å². The first-order valence-corrected chi connectivity index (χ1v) is 11.0. The molecule has 1 fully saturated rings. The number of amides is 2. The first-order valence-electron chi connectivity index (χ1n) is 9.94. The summed E-state index contributed by atoms with van der Waals surface area (Å²) in [4.78, 5) is 26.9. The Bertz CT molecular complexity index is 1140. The van der Waals surface area contributed by atoms with Crippen LogP contribution in [0.15, 0.2) is 72.8 Å². The van der Waals surface area contributed by atoms with Gasteiger partial charge in [-0.15, -0.1) is 11.8 Å². The highest BCUT2D eigenvalue weighted by atomic mass is 32.2. The van der Waals surface area contributed by atoms with Gasteiger partial charge >= 0.3 is 0 Å². The van der Waals surface area contributed by atoms with E-state index >= 15 is 0 Å². The topological polar surface area (TPSA) is 67.9 Å². The summed E-state index contributed by atoms with van der Waals surface area (Å²) in [5.74, 6) is 1.67. The molecule has 156 valence electrons. The molecule has 3 aromatic rings. The molecule has 3 aromatic carbocycles. The van der Waals surface area contributed by atoms with Gasteiger partial charge in [-0.1, -0.05) is 42.5 Å². The second kappa shape index (κ2) is 8.35. The van der Waals surface area contributed by atoms with Crippen LogP contribution in [0.5, 0.6) is 11.5 Å². The molecule has 5 rings (SSSR count). The molecule has 1 atom stereocenters. The van der Waals surface area contributed by atoms with Gasteiger partial charge in [0, 0.05) is 17.4 Å². The number of hydrogen-bond donors (Lipinski definition) is 1. The highest BCUT2D eigenvalue weighted by Crippen LogP contribution is 2.45. The van der Waals surface area contributed by atoms with Crippen LogP contribution in [0.3, 0.4) is 0 Å². The minimum atomic E-state index is -0.182. The summed E-state index contributed by atoms with van der Waals surface area (Å²) < 4.78 is 10.9. The summed E-state index contributed by atoms with van der Waals surface area (Å²) in [5, 5.41) is 2.78. The van der Waals surface area contributed by atoms with E-state index in [-0.39, 0.29) is 24.0 Å². The lowest BCUT2D eigenvalue weighted by molar-refractivity contribution is -0.116. The number of hydrogen-bond acceptors (Lipinski definition) is 5. The number of ether oxygens (including phenoxy) is 2. The van der Waals surface area contributed by atoms with Crippen molar-refractivity contribution in [1.82, 2.24) is 0 Å². The Kier molecular flexibility index (Phi) is 5.26. The van der Waals surface area contributed by atoms with Gasteiger partial charge in [0.1, 0.15) is 5.37 Å². The van der Waals surface area contributed by atoms with Crippen LogP contribution in [0.1, 0.15) is 16.5 Å². The molecular weight excluding hydrogens is 412 g/mol. The highest BCUT2D eigenvalue weighted by molar-refractivity contribution is 8.00. The third-order valence-electron chi connectivity index (χ3n) is 5.17. The molecule has 2 aliphatic rings. The van der Waals surface area contributed by atoms with E-state index in [0.717, 1.165) is 16.8 Å². The van der Waals surface area contributed by atoms with Gasteiger partial charge in [-0.05, 0) is 35.4 Å². The van der Waals surface area contributed by atoms with Gasteiger partial charge in [-0.2, -0.15) is 0 Å². The third-order valence-corrected chi connectivity index (χ3v) is 6.38. The third kappa shape index (κ3) is 4.09. The number of rotatable bonds is 5. The van der Waals surface area contributed by atoms with Crippen LogP contribution in [0.4, 0.5) is 11.4 Å². The van der Waals surface area contributed by atoms with Gasteiger partial charge in [0.2, 0.25) is 18.6 Å². The van der Waals surface area contributed by atoms with Crippen LogP contribution in [-0.4, -0.2) is 24.4 Å². The molecule has 0 aliphatic carbocycles. The second-order valence-corrected chi connectivity index (χ2v) is 8.37. The standard InChI is InChI=1S/C24H20N2O4S/c27-22(11-16-5-2-1-3-6-16)25-18-8-4-7-17(12-18)24-26(23(28)14-31-24)19-9-10-20-21(13-19)30-15-29-20/h1-10,12-13,24H,11,14-15H2,(H,25,27). The molecule has 31 heavy (non-hydrogen) atoms. The summed E-state index contributed by atoms with van der Waals surface area (Å²) in [7, 11) is 0. The van der Waals surface area contributed by atoms with E-state index in [2.05, 4.69) is 5.32 Å². The number of nitrogens with zero attached hydrogens (tertiary/aromatic N) is 1. The Morgan fingerprint density at radius 2 is 1.84 bits per heavy atom. The number of carbonyl (C=O) groups is 2. The fourth-order valence-corrected chi connectivity index (χ4v) is 4.91. The van der Waals surface area contributed by atoms with Crippen LogP contribution in [-0.2, 0) is 16.0 Å². The largest absolute Gasteiger partial charge is 0.454 e. The minimum absolute atomic E-state index is 0.0346. The molecule has 2 aliphatic heterocycles. The number of carbonyl (C=O) groups excluding carboxylic acids is 2. The Balaban J connectivity index is 1.35. The molecule has 1 saturated heterocycles. The van der Waals surface area contributed by atoms with Crippen molar-refractivity contribution in [3.05, 3.63) is 83.9 Å². The average Bonchev–Trinajstić information content (AvgIpc) is 3.40. The molecule has 0 bridgehead atoms. The quantitative estimate of drug-likeness (QED) is 0.648. The molecule has 0 aromatic heterocycles. The fraction of sp³-hybridized carbons (Fsp3) is 0.167. The maximum absolute atomic E-state index is 12.7. The molecule has 1 N–H and O–H groups in total. The maximum atomic E-state index is 12.7. The Morgan fingerprint density at radius 3 is 2.71 bits per heavy atom. The zero-order valence-electron chi connectivity index (χ0n) is 16.6. The average molecular weight is 433 g/mol. The SMILES string of the molecule is O=C(Cc1ccccc1)Nc1cccc(C2SCC(=O)N2c2ccc3c(c2)OCO3)c1. The van der Waals surface area contributed by atoms with E-state index in [0.29, 0.717) is 29.4 Å². The van der Waals surface area contributed by atoms with Crippen LogP contribution in [0, 0.1) is 0 Å². The smallest absolute Gasteiger partial charge is 0.238 e. The molecule has 2 amide bonds. The first-order chi connectivity index (χ1) is 15.2. The number of nitrogens with one attached hydrogen (secondary N) is 1. The Hall–Kier alpha value is -3.45. The van der Waals surface area contributed by atoms with Gasteiger partial charge in [-0.3, -0.25) is 14.5 Å². The lowest BCUT2D eigenvalue weighted by atomic mass is 10.1. The molecule has 0 saturated carbocycles. The van der Waals surface area contributed by atoms with E-state index in [1.54, 1.807) is 16.7 Å². The molecule has 0 radical (unpaired) electrons. The van der Waals surface area contributed by atoms with Crippen LogP contribution >= 0.6 is 11.8 Å². The van der Waals surface area contributed by atoms with Gasteiger partial charge in [-0.25, -0.2) is 0 Å². The molecular formula is C24H20N2O4S. The first kappa shape index (κ1) is 19.5. The van der Waals surface area contributed by atoms with E-state index in [9.17, 15) is 9.59 Å².